The molecule has 0 saturated carbocycles. The quantitative estimate of drug-likeness (QED) is 0.497. The Bertz CT molecular complexity index is 1320. The smallest absolute Gasteiger partial charge is 0.321 e. The Morgan fingerprint density at radius 1 is 1.20 bits per heavy atom. The summed E-state index contributed by atoms with van der Waals surface area (Å²) in [6, 6.07) is 15.7. The minimum absolute atomic E-state index is 0.0434. The largest absolute Gasteiger partial charge is 0.387 e. The first-order valence-corrected chi connectivity index (χ1v) is 12.7. The fourth-order valence-electron chi connectivity index (χ4n) is 4.58. The van der Waals surface area contributed by atoms with E-state index in [2.05, 4.69) is 16.5 Å². The molecular formula is C27H27N5O2S. The zero-order valence-corrected chi connectivity index (χ0v) is 20.6. The predicted molar refractivity (Wildman–Crippen MR) is 137 cm³/mol. The van der Waals surface area contributed by atoms with E-state index in [-0.39, 0.29) is 12.1 Å². The van der Waals surface area contributed by atoms with Crippen molar-refractivity contribution in [2.75, 3.05) is 18.4 Å². The van der Waals surface area contributed by atoms with Crippen molar-refractivity contribution in [3.05, 3.63) is 80.8 Å². The fraction of sp³-hybridized carbons (Fsp3) is 0.333. The Morgan fingerprint density at radius 2 is 2.00 bits per heavy atom. The molecule has 1 saturated heterocycles. The lowest BCUT2D eigenvalue weighted by atomic mass is 9.97. The molecule has 1 aromatic heterocycles. The number of carbonyl (C=O) groups is 1. The van der Waals surface area contributed by atoms with Crippen molar-refractivity contribution < 1.29 is 9.63 Å². The Kier molecular flexibility index (Phi) is 6.51. The summed E-state index contributed by atoms with van der Waals surface area (Å²) in [4.78, 5) is 25.2. The second-order valence-corrected chi connectivity index (χ2v) is 10.0. The van der Waals surface area contributed by atoms with Gasteiger partial charge in [0.15, 0.2) is 6.10 Å². The number of rotatable bonds is 4. The van der Waals surface area contributed by atoms with Gasteiger partial charge in [-0.15, -0.1) is 11.3 Å². The minimum Gasteiger partial charge on any atom is -0.387 e. The van der Waals surface area contributed by atoms with E-state index in [1.54, 1.807) is 17.4 Å². The van der Waals surface area contributed by atoms with E-state index < -0.39 is 0 Å². The molecule has 0 radical (unpaired) electrons. The molecule has 7 nitrogen and oxygen atoms in total. The number of hydrogen-bond donors (Lipinski definition) is 1. The number of amides is 2. The highest BCUT2D eigenvalue weighted by Gasteiger charge is 2.29. The molecule has 0 aliphatic carbocycles. The third-order valence-corrected chi connectivity index (χ3v) is 7.69. The number of anilines is 1. The lowest BCUT2D eigenvalue weighted by molar-refractivity contribution is 0.0855. The molecule has 1 unspecified atom stereocenters. The molecule has 3 aromatic rings. The van der Waals surface area contributed by atoms with Crippen LogP contribution in [0.25, 0.3) is 0 Å². The van der Waals surface area contributed by atoms with Gasteiger partial charge in [0.05, 0.1) is 22.3 Å². The molecule has 8 heteroatoms. The maximum atomic E-state index is 12.8. The lowest BCUT2D eigenvalue weighted by Crippen LogP contribution is -2.40. The van der Waals surface area contributed by atoms with Crippen molar-refractivity contribution in [3.8, 4) is 6.07 Å². The molecule has 0 bridgehead atoms. The predicted octanol–water partition coefficient (Wildman–Crippen LogP) is 5.91. The highest BCUT2D eigenvalue weighted by atomic mass is 32.1. The van der Waals surface area contributed by atoms with Crippen LogP contribution in [0.2, 0.25) is 0 Å². The molecule has 178 valence electrons. The molecule has 3 heterocycles. The second kappa shape index (κ2) is 9.88. The first-order valence-electron chi connectivity index (χ1n) is 11.8. The number of benzene rings is 2. The number of oxime groups is 1. The average molecular weight is 486 g/mol. The highest BCUT2D eigenvalue weighted by Crippen LogP contribution is 2.34. The topological polar surface area (TPSA) is 90.6 Å². The van der Waals surface area contributed by atoms with Crippen molar-refractivity contribution in [1.29, 1.82) is 5.26 Å². The Morgan fingerprint density at radius 3 is 2.80 bits per heavy atom. The average Bonchev–Trinajstić information content (AvgIpc) is 3.56. The number of thiazole rings is 1. The number of aryl methyl sites for hydroxylation is 2. The number of urea groups is 1. The Balaban J connectivity index is 1.17. The number of hydrogen-bond acceptors (Lipinski definition) is 6. The van der Waals surface area contributed by atoms with Crippen LogP contribution in [-0.2, 0) is 4.84 Å². The summed E-state index contributed by atoms with van der Waals surface area (Å²) in [6.45, 7) is 5.43. The third kappa shape index (κ3) is 4.91. The maximum Gasteiger partial charge on any atom is 0.321 e. The van der Waals surface area contributed by atoms with Crippen molar-refractivity contribution in [2.24, 2.45) is 5.16 Å². The van der Waals surface area contributed by atoms with Crippen LogP contribution in [0.4, 0.5) is 10.5 Å². The Hall–Kier alpha value is -3.70. The molecule has 1 atom stereocenters. The van der Waals surface area contributed by atoms with Crippen molar-refractivity contribution >= 4 is 28.8 Å². The summed E-state index contributed by atoms with van der Waals surface area (Å²) in [7, 11) is 0. The van der Waals surface area contributed by atoms with Crippen LogP contribution in [0, 0.1) is 25.2 Å². The monoisotopic (exact) mass is 485 g/mol. The van der Waals surface area contributed by atoms with Gasteiger partial charge in [0.2, 0.25) is 0 Å². The number of nitrogens with zero attached hydrogens (tertiary/aromatic N) is 4. The first-order chi connectivity index (χ1) is 17.0. The number of piperidine rings is 1. The summed E-state index contributed by atoms with van der Waals surface area (Å²) in [6.07, 6.45) is 2.10. The summed E-state index contributed by atoms with van der Waals surface area (Å²) in [5, 5.41) is 19.8. The van der Waals surface area contributed by atoms with Gasteiger partial charge in [-0.05, 0) is 49.9 Å². The summed E-state index contributed by atoms with van der Waals surface area (Å²) >= 11 is 1.64. The SMILES string of the molecule is Cc1ccc(C)c(NC(=O)N2CCC(c3nc(C4=NOC(c5ccccc5C#N)C4)cs3)CC2)c1. The van der Waals surface area contributed by atoms with Gasteiger partial charge in [0, 0.05) is 42.1 Å². The van der Waals surface area contributed by atoms with E-state index in [9.17, 15) is 10.1 Å². The van der Waals surface area contributed by atoms with Crippen LogP contribution >= 0.6 is 11.3 Å². The van der Waals surface area contributed by atoms with Gasteiger partial charge in [-0.2, -0.15) is 5.26 Å². The zero-order valence-electron chi connectivity index (χ0n) is 19.8. The van der Waals surface area contributed by atoms with Gasteiger partial charge in [0.1, 0.15) is 5.71 Å². The molecule has 35 heavy (non-hydrogen) atoms. The fourth-order valence-corrected chi connectivity index (χ4v) is 5.58. The van der Waals surface area contributed by atoms with Crippen LogP contribution in [0.3, 0.4) is 0 Å². The molecule has 0 spiro atoms. The molecule has 2 amide bonds. The molecular weight excluding hydrogens is 458 g/mol. The van der Waals surface area contributed by atoms with Gasteiger partial charge >= 0.3 is 6.03 Å². The standard InChI is InChI=1S/C27H27N5O2S/c1-17-7-8-18(2)22(13-17)30-27(33)32-11-9-19(10-12-32)26-29-24(16-35-26)23-14-25(34-31-23)21-6-4-3-5-20(21)15-28/h3-8,13,16,19,25H,9-12,14H2,1-2H3,(H,30,33). The van der Waals surface area contributed by atoms with Crippen molar-refractivity contribution in [3.63, 3.8) is 0 Å². The van der Waals surface area contributed by atoms with Crippen LogP contribution in [0.5, 0.6) is 0 Å². The van der Waals surface area contributed by atoms with E-state index in [0.29, 0.717) is 31.0 Å². The lowest BCUT2D eigenvalue weighted by Gasteiger charge is -2.31. The Labute approximate surface area is 209 Å². The van der Waals surface area contributed by atoms with Crippen LogP contribution in [0.1, 0.15) is 64.2 Å². The molecule has 2 aliphatic rings. The van der Waals surface area contributed by atoms with E-state index >= 15 is 0 Å². The van der Waals surface area contributed by atoms with E-state index in [1.807, 2.05) is 60.5 Å². The number of nitriles is 1. The molecule has 5 rings (SSSR count). The third-order valence-electron chi connectivity index (χ3n) is 6.68. The first kappa shape index (κ1) is 23.1. The van der Waals surface area contributed by atoms with Gasteiger partial charge in [-0.1, -0.05) is 35.5 Å². The number of likely N-dealkylation sites (tertiary alicyclic amines) is 1. The maximum absolute atomic E-state index is 12.8. The number of carbonyl (C=O) groups excluding carboxylic acids is 1. The zero-order chi connectivity index (χ0) is 24.4. The van der Waals surface area contributed by atoms with Crippen molar-refractivity contribution in [2.45, 2.75) is 45.1 Å². The molecule has 2 aliphatic heterocycles. The molecule has 2 aromatic carbocycles. The van der Waals surface area contributed by atoms with E-state index in [0.717, 1.165) is 51.6 Å². The van der Waals surface area contributed by atoms with E-state index in [4.69, 9.17) is 9.82 Å². The minimum atomic E-state index is -0.259. The van der Waals surface area contributed by atoms with Gasteiger partial charge in [-0.3, -0.25) is 0 Å². The summed E-state index contributed by atoms with van der Waals surface area (Å²) in [5.74, 6) is 0.330. The number of aromatic nitrogens is 1. The van der Waals surface area contributed by atoms with Gasteiger partial charge < -0.3 is 15.1 Å². The van der Waals surface area contributed by atoms with Gasteiger partial charge in [-0.25, -0.2) is 9.78 Å². The summed E-state index contributed by atoms with van der Waals surface area (Å²) < 4.78 is 0. The normalized spacial score (nSPS) is 18.0. The van der Waals surface area contributed by atoms with Crippen LogP contribution in [0.15, 0.2) is 53.0 Å². The molecule has 1 fully saturated rings. The molecule has 1 N–H and O–H groups in total. The number of nitrogens with one attached hydrogen (secondary N) is 1. The van der Waals surface area contributed by atoms with Gasteiger partial charge in [0.25, 0.3) is 0 Å². The summed E-state index contributed by atoms with van der Waals surface area (Å²) in [5.41, 5.74) is 6.19. The van der Waals surface area contributed by atoms with Crippen LogP contribution in [-0.4, -0.2) is 34.7 Å². The highest BCUT2D eigenvalue weighted by molar-refractivity contribution is 7.10. The van der Waals surface area contributed by atoms with Crippen molar-refractivity contribution in [1.82, 2.24) is 9.88 Å². The van der Waals surface area contributed by atoms with E-state index in [1.165, 1.54) is 0 Å². The van der Waals surface area contributed by atoms with Crippen LogP contribution < -0.4 is 5.32 Å². The second-order valence-electron chi connectivity index (χ2n) is 9.12.